The lowest BCUT2D eigenvalue weighted by atomic mass is 9.94. The number of aliphatic hydroxyl groups excluding tert-OH is 1. The lowest BCUT2D eigenvalue weighted by Crippen LogP contribution is -2.31. The zero-order valence-electron chi connectivity index (χ0n) is 18.6. The molecule has 1 atom stereocenters. The second-order valence-corrected chi connectivity index (χ2v) is 9.81. The fraction of sp³-hybridized carbons (Fsp3) is 0.261. The van der Waals surface area contributed by atoms with Crippen molar-refractivity contribution in [3.63, 3.8) is 0 Å². The molecule has 4 rings (SSSR count). The Hall–Kier alpha value is -3.37. The van der Waals surface area contributed by atoms with Crippen LogP contribution in [0, 0.1) is 27.7 Å². The number of nitrogens with zero attached hydrogens (tertiary/aromatic N) is 3. The van der Waals surface area contributed by atoms with Gasteiger partial charge >= 0.3 is 5.97 Å². The lowest BCUT2D eigenvalue weighted by Gasteiger charge is -2.24. The number of thiazole rings is 2. The monoisotopic (exact) mass is 483 g/mol. The van der Waals surface area contributed by atoms with E-state index < -0.39 is 29.5 Å². The number of aryl methyl sites for hydroxylation is 4. The van der Waals surface area contributed by atoms with E-state index in [4.69, 9.17) is 4.74 Å². The molecular formula is C23H21N3O5S2. The number of ketones is 1. The van der Waals surface area contributed by atoms with Crippen LogP contribution in [-0.4, -0.2) is 39.8 Å². The number of methoxy groups -OCH3 is 1. The van der Waals surface area contributed by atoms with Crippen LogP contribution < -0.4 is 4.90 Å². The summed E-state index contributed by atoms with van der Waals surface area (Å²) in [4.78, 5) is 49.5. The summed E-state index contributed by atoms with van der Waals surface area (Å²) in [6.07, 6.45) is 0. The van der Waals surface area contributed by atoms with Crippen LogP contribution in [0.3, 0.4) is 0 Å². The van der Waals surface area contributed by atoms with Gasteiger partial charge in [0.2, 0.25) is 5.78 Å². The molecule has 1 amide bonds. The number of Topliss-reactive ketones (excluding diaryl/α,β-unsaturated/α-hetero) is 1. The van der Waals surface area contributed by atoms with Gasteiger partial charge in [0.05, 0.1) is 40.0 Å². The maximum atomic E-state index is 13.6. The van der Waals surface area contributed by atoms with Gasteiger partial charge < -0.3 is 9.84 Å². The molecule has 33 heavy (non-hydrogen) atoms. The maximum absolute atomic E-state index is 13.6. The third kappa shape index (κ3) is 3.85. The van der Waals surface area contributed by atoms with Crippen molar-refractivity contribution in [1.29, 1.82) is 0 Å². The topological polar surface area (TPSA) is 110 Å². The summed E-state index contributed by atoms with van der Waals surface area (Å²) < 4.78 is 4.81. The highest BCUT2D eigenvalue weighted by molar-refractivity contribution is 7.17. The van der Waals surface area contributed by atoms with Crippen molar-refractivity contribution < 1.29 is 24.2 Å². The summed E-state index contributed by atoms with van der Waals surface area (Å²) in [5.74, 6) is -2.42. The Kier molecular flexibility index (Phi) is 5.89. The lowest BCUT2D eigenvalue weighted by molar-refractivity contribution is -0.117. The molecule has 0 bridgehead atoms. The van der Waals surface area contributed by atoms with Crippen LogP contribution in [-0.2, 0) is 9.53 Å². The number of benzene rings is 1. The van der Waals surface area contributed by atoms with Crippen molar-refractivity contribution >= 4 is 45.5 Å². The molecule has 1 unspecified atom stereocenters. The van der Waals surface area contributed by atoms with E-state index >= 15 is 0 Å². The molecule has 0 saturated heterocycles. The highest BCUT2D eigenvalue weighted by Gasteiger charge is 2.46. The number of ether oxygens (including phenoxy) is 1. The van der Waals surface area contributed by atoms with Gasteiger partial charge in [0.1, 0.15) is 4.88 Å². The Labute approximate surface area is 198 Å². The van der Waals surface area contributed by atoms with E-state index in [2.05, 4.69) is 9.97 Å². The summed E-state index contributed by atoms with van der Waals surface area (Å²) >= 11 is 2.19. The van der Waals surface area contributed by atoms with Gasteiger partial charge in [-0.2, -0.15) is 0 Å². The maximum Gasteiger partial charge on any atom is 0.350 e. The predicted molar refractivity (Wildman–Crippen MR) is 125 cm³/mol. The van der Waals surface area contributed by atoms with Crippen LogP contribution >= 0.6 is 22.7 Å². The number of rotatable bonds is 5. The van der Waals surface area contributed by atoms with Crippen LogP contribution in [0.25, 0.3) is 0 Å². The Morgan fingerprint density at radius 1 is 1.00 bits per heavy atom. The summed E-state index contributed by atoms with van der Waals surface area (Å²) in [6.45, 7) is 7.07. The van der Waals surface area contributed by atoms with Gasteiger partial charge in [0.15, 0.2) is 10.9 Å². The molecule has 0 saturated carbocycles. The molecule has 1 aliphatic heterocycles. The molecule has 0 aliphatic carbocycles. The molecule has 8 nitrogen and oxygen atoms in total. The van der Waals surface area contributed by atoms with Crippen LogP contribution in [0.4, 0.5) is 5.13 Å². The molecule has 1 N–H and O–H groups in total. The smallest absolute Gasteiger partial charge is 0.350 e. The number of hydrogen-bond acceptors (Lipinski definition) is 9. The zero-order chi connectivity index (χ0) is 24.0. The molecule has 3 heterocycles. The second-order valence-electron chi connectivity index (χ2n) is 7.63. The molecule has 0 radical (unpaired) electrons. The van der Waals surface area contributed by atoms with Gasteiger partial charge in [-0.15, -0.1) is 11.3 Å². The average molecular weight is 484 g/mol. The Morgan fingerprint density at radius 2 is 1.64 bits per heavy atom. The molecule has 170 valence electrons. The van der Waals surface area contributed by atoms with E-state index in [9.17, 15) is 19.5 Å². The Morgan fingerprint density at radius 3 is 2.21 bits per heavy atom. The van der Waals surface area contributed by atoms with Crippen molar-refractivity contribution in [2.75, 3.05) is 12.0 Å². The van der Waals surface area contributed by atoms with E-state index in [1.807, 2.05) is 19.1 Å². The summed E-state index contributed by atoms with van der Waals surface area (Å²) in [6, 6.07) is 6.43. The number of carbonyl (C=O) groups excluding carboxylic acids is 3. The molecule has 1 aliphatic rings. The first-order chi connectivity index (χ1) is 15.6. The first kappa shape index (κ1) is 22.8. The predicted octanol–water partition coefficient (Wildman–Crippen LogP) is 4.40. The number of amides is 1. The summed E-state index contributed by atoms with van der Waals surface area (Å²) in [5.41, 5.74) is 2.53. The minimum atomic E-state index is -0.913. The van der Waals surface area contributed by atoms with Gasteiger partial charge in [0.25, 0.3) is 5.91 Å². The van der Waals surface area contributed by atoms with Crippen molar-refractivity contribution in [2.24, 2.45) is 0 Å². The van der Waals surface area contributed by atoms with Gasteiger partial charge in [0, 0.05) is 0 Å². The van der Waals surface area contributed by atoms with E-state index in [1.165, 1.54) is 23.3 Å². The van der Waals surface area contributed by atoms with Crippen molar-refractivity contribution in [2.45, 2.75) is 33.7 Å². The van der Waals surface area contributed by atoms with Gasteiger partial charge in [-0.1, -0.05) is 41.2 Å². The van der Waals surface area contributed by atoms with Gasteiger partial charge in [-0.05, 0) is 33.3 Å². The summed E-state index contributed by atoms with van der Waals surface area (Å²) in [7, 11) is 1.26. The zero-order valence-corrected chi connectivity index (χ0v) is 20.3. The number of esters is 1. The Balaban J connectivity index is 1.89. The quantitative estimate of drug-likeness (QED) is 0.423. The molecule has 0 fully saturated rings. The second kappa shape index (κ2) is 8.53. The molecule has 2 aromatic heterocycles. The van der Waals surface area contributed by atoms with E-state index in [1.54, 1.807) is 32.9 Å². The molecule has 3 aromatic rings. The molecule has 10 heteroatoms. The van der Waals surface area contributed by atoms with Crippen molar-refractivity contribution in [1.82, 2.24) is 9.97 Å². The number of anilines is 1. The SMILES string of the molecule is COC(=O)c1sc(N2C(=O)C(O)=C(C(=O)c3sc(C)nc3C)C2c2ccc(C)cc2)nc1C. The minimum Gasteiger partial charge on any atom is -0.503 e. The van der Waals surface area contributed by atoms with Gasteiger partial charge in [-0.3, -0.25) is 14.5 Å². The third-order valence-corrected chi connectivity index (χ3v) is 7.53. The molecular weight excluding hydrogens is 462 g/mol. The van der Waals surface area contributed by atoms with Crippen molar-refractivity contribution in [3.8, 4) is 0 Å². The fourth-order valence-corrected chi connectivity index (χ4v) is 5.62. The minimum absolute atomic E-state index is 0.0388. The standard InChI is InChI=1S/C23H21N3O5S2/c1-10-6-8-14(9-7-10)16-15(17(27)19-11(2)24-13(4)32-19)18(28)21(29)26(16)23-25-12(3)20(33-23)22(30)31-5/h6-9,16,28H,1-5H3. The highest BCUT2D eigenvalue weighted by atomic mass is 32.1. The highest BCUT2D eigenvalue weighted by Crippen LogP contribution is 2.44. The fourth-order valence-electron chi connectivity index (χ4n) is 3.73. The van der Waals surface area contributed by atoms with Crippen LogP contribution in [0.15, 0.2) is 35.6 Å². The number of carbonyl (C=O) groups is 3. The van der Waals surface area contributed by atoms with Gasteiger partial charge in [-0.25, -0.2) is 14.8 Å². The number of aromatic nitrogens is 2. The van der Waals surface area contributed by atoms with Crippen LogP contribution in [0.2, 0.25) is 0 Å². The Bertz CT molecular complexity index is 1320. The number of aliphatic hydroxyl groups is 1. The van der Waals surface area contributed by atoms with E-state index in [0.29, 0.717) is 26.8 Å². The largest absolute Gasteiger partial charge is 0.503 e. The number of hydrogen-bond donors (Lipinski definition) is 1. The van der Waals surface area contributed by atoms with E-state index in [0.717, 1.165) is 16.9 Å². The van der Waals surface area contributed by atoms with Crippen molar-refractivity contribution in [3.05, 3.63) is 72.9 Å². The van der Waals surface area contributed by atoms with E-state index in [-0.39, 0.29) is 15.6 Å². The first-order valence-electron chi connectivity index (χ1n) is 10.0. The first-order valence-corrected chi connectivity index (χ1v) is 11.6. The third-order valence-electron chi connectivity index (χ3n) is 5.32. The molecule has 0 spiro atoms. The van der Waals surface area contributed by atoms with Crippen LogP contribution in [0.5, 0.6) is 0 Å². The average Bonchev–Trinajstić information content (AvgIpc) is 3.41. The summed E-state index contributed by atoms with van der Waals surface area (Å²) in [5, 5.41) is 11.8. The normalized spacial score (nSPS) is 16.0. The molecule has 1 aromatic carbocycles. The van der Waals surface area contributed by atoms with Crippen LogP contribution in [0.1, 0.15) is 52.9 Å².